The van der Waals surface area contributed by atoms with Crippen LogP contribution < -0.4 is 4.74 Å². The highest BCUT2D eigenvalue weighted by atomic mass is 35.5. The summed E-state index contributed by atoms with van der Waals surface area (Å²) in [4.78, 5) is 0. The molecule has 2 nitrogen and oxygen atoms in total. The number of rotatable bonds is 2. The SMILES string of the molecule is Cc1ccc(Cl)c(Oc2c(C)cc(C#N)cc2C)c1. The Bertz CT molecular complexity index is 648. The average Bonchev–Trinajstić information content (AvgIpc) is 2.37. The number of ether oxygens (including phenoxy) is 1. The van der Waals surface area contributed by atoms with Gasteiger partial charge in [0, 0.05) is 0 Å². The summed E-state index contributed by atoms with van der Waals surface area (Å²) in [7, 11) is 0. The Morgan fingerprint density at radius 2 is 1.68 bits per heavy atom. The van der Waals surface area contributed by atoms with Gasteiger partial charge in [-0.3, -0.25) is 0 Å². The maximum atomic E-state index is 8.94. The zero-order chi connectivity index (χ0) is 14.0. The highest BCUT2D eigenvalue weighted by Crippen LogP contribution is 2.34. The van der Waals surface area contributed by atoms with E-state index in [9.17, 15) is 0 Å². The largest absolute Gasteiger partial charge is 0.455 e. The minimum Gasteiger partial charge on any atom is -0.455 e. The second-order valence-electron chi connectivity index (χ2n) is 4.59. The lowest BCUT2D eigenvalue weighted by Gasteiger charge is -2.13. The van der Waals surface area contributed by atoms with Crippen molar-refractivity contribution in [2.75, 3.05) is 0 Å². The third-order valence-electron chi connectivity index (χ3n) is 2.89. The van der Waals surface area contributed by atoms with Gasteiger partial charge >= 0.3 is 0 Å². The summed E-state index contributed by atoms with van der Waals surface area (Å²) in [6, 6.07) is 11.4. The summed E-state index contributed by atoms with van der Waals surface area (Å²) in [6.07, 6.45) is 0. The summed E-state index contributed by atoms with van der Waals surface area (Å²) >= 11 is 6.13. The van der Waals surface area contributed by atoms with Crippen molar-refractivity contribution in [2.24, 2.45) is 0 Å². The van der Waals surface area contributed by atoms with Crippen LogP contribution in [0.5, 0.6) is 11.5 Å². The number of nitriles is 1. The number of halogens is 1. The molecule has 0 radical (unpaired) electrons. The molecule has 0 saturated carbocycles. The number of hydrogen-bond donors (Lipinski definition) is 0. The first kappa shape index (κ1) is 13.5. The lowest BCUT2D eigenvalue weighted by atomic mass is 10.1. The van der Waals surface area contributed by atoms with Crippen molar-refractivity contribution in [2.45, 2.75) is 20.8 Å². The van der Waals surface area contributed by atoms with Crippen molar-refractivity contribution in [3.63, 3.8) is 0 Å². The molecule has 2 aromatic carbocycles. The van der Waals surface area contributed by atoms with Gasteiger partial charge in [-0.25, -0.2) is 0 Å². The van der Waals surface area contributed by atoms with Gasteiger partial charge in [0.25, 0.3) is 0 Å². The Morgan fingerprint density at radius 3 is 2.26 bits per heavy atom. The van der Waals surface area contributed by atoms with Gasteiger partial charge in [-0.05, 0) is 61.7 Å². The van der Waals surface area contributed by atoms with Gasteiger partial charge in [-0.1, -0.05) is 17.7 Å². The molecule has 0 N–H and O–H groups in total. The molecule has 96 valence electrons. The second kappa shape index (κ2) is 5.34. The van der Waals surface area contributed by atoms with E-state index in [0.29, 0.717) is 16.3 Å². The van der Waals surface area contributed by atoms with Crippen LogP contribution in [0.2, 0.25) is 5.02 Å². The number of benzene rings is 2. The van der Waals surface area contributed by atoms with Crippen molar-refractivity contribution in [3.8, 4) is 17.6 Å². The molecule has 19 heavy (non-hydrogen) atoms. The van der Waals surface area contributed by atoms with Crippen LogP contribution in [-0.2, 0) is 0 Å². The van der Waals surface area contributed by atoms with Gasteiger partial charge in [0.05, 0.1) is 16.7 Å². The standard InChI is InChI=1S/C16H14ClNO/c1-10-4-5-14(17)15(6-10)19-16-11(2)7-13(9-18)8-12(16)3/h4-8H,1-3H3. The van der Waals surface area contributed by atoms with E-state index in [1.807, 2.05) is 51.1 Å². The lowest BCUT2D eigenvalue weighted by molar-refractivity contribution is 0.475. The highest BCUT2D eigenvalue weighted by molar-refractivity contribution is 6.32. The van der Waals surface area contributed by atoms with Crippen molar-refractivity contribution in [1.29, 1.82) is 5.26 Å². The molecule has 0 atom stereocenters. The average molecular weight is 272 g/mol. The predicted octanol–water partition coefficient (Wildman–Crippen LogP) is 4.93. The molecule has 3 heteroatoms. The summed E-state index contributed by atoms with van der Waals surface area (Å²) in [6.45, 7) is 5.83. The molecule has 0 spiro atoms. The van der Waals surface area contributed by atoms with Crippen LogP contribution in [0.15, 0.2) is 30.3 Å². The van der Waals surface area contributed by atoms with E-state index in [-0.39, 0.29) is 0 Å². The normalized spacial score (nSPS) is 10.1. The van der Waals surface area contributed by atoms with E-state index in [1.165, 1.54) is 0 Å². The van der Waals surface area contributed by atoms with Crippen molar-refractivity contribution < 1.29 is 4.74 Å². The minimum absolute atomic E-state index is 0.578. The molecule has 0 aliphatic carbocycles. The maximum Gasteiger partial charge on any atom is 0.146 e. The van der Waals surface area contributed by atoms with Crippen LogP contribution >= 0.6 is 11.6 Å². The fourth-order valence-corrected chi connectivity index (χ4v) is 2.13. The molecule has 0 unspecified atom stereocenters. The van der Waals surface area contributed by atoms with Crippen LogP contribution in [0.4, 0.5) is 0 Å². The van der Waals surface area contributed by atoms with Crippen molar-refractivity contribution in [3.05, 3.63) is 57.6 Å². The first-order valence-electron chi connectivity index (χ1n) is 5.96. The molecule has 0 aromatic heterocycles. The molecule has 0 fully saturated rings. The Morgan fingerprint density at radius 1 is 1.05 bits per heavy atom. The topological polar surface area (TPSA) is 33.0 Å². The molecule has 0 saturated heterocycles. The molecule has 0 aliphatic heterocycles. The zero-order valence-electron chi connectivity index (χ0n) is 11.1. The van der Waals surface area contributed by atoms with E-state index in [4.69, 9.17) is 21.6 Å². The quantitative estimate of drug-likeness (QED) is 0.776. The second-order valence-corrected chi connectivity index (χ2v) is 4.99. The number of hydrogen-bond acceptors (Lipinski definition) is 2. The number of aryl methyl sites for hydroxylation is 3. The van der Waals surface area contributed by atoms with E-state index >= 15 is 0 Å². The first-order valence-corrected chi connectivity index (χ1v) is 6.34. The molecule has 0 heterocycles. The third kappa shape index (κ3) is 2.89. The molecule has 0 aliphatic rings. The fraction of sp³-hybridized carbons (Fsp3) is 0.188. The Kier molecular flexibility index (Phi) is 3.78. The Labute approximate surface area is 118 Å². The van der Waals surface area contributed by atoms with Crippen LogP contribution in [0.1, 0.15) is 22.3 Å². The fourth-order valence-electron chi connectivity index (χ4n) is 1.97. The van der Waals surface area contributed by atoms with Crippen molar-refractivity contribution >= 4 is 11.6 Å². The molecular formula is C16H14ClNO. The Hall–Kier alpha value is -1.98. The Balaban J connectivity index is 2.44. The van der Waals surface area contributed by atoms with Crippen molar-refractivity contribution in [1.82, 2.24) is 0 Å². The van der Waals surface area contributed by atoms with Gasteiger partial charge in [-0.15, -0.1) is 0 Å². The van der Waals surface area contributed by atoms with Gasteiger partial charge in [-0.2, -0.15) is 5.26 Å². The van der Waals surface area contributed by atoms with Crippen LogP contribution in [-0.4, -0.2) is 0 Å². The summed E-state index contributed by atoms with van der Waals surface area (Å²) in [5, 5.41) is 9.51. The van der Waals surface area contributed by atoms with E-state index < -0.39 is 0 Å². The zero-order valence-corrected chi connectivity index (χ0v) is 11.9. The summed E-state index contributed by atoms with van der Waals surface area (Å²) < 4.78 is 5.91. The van der Waals surface area contributed by atoms with E-state index in [0.717, 1.165) is 22.4 Å². The minimum atomic E-state index is 0.578. The molecule has 2 rings (SSSR count). The molecule has 2 aromatic rings. The first-order chi connectivity index (χ1) is 9.01. The number of nitrogens with zero attached hydrogens (tertiary/aromatic N) is 1. The van der Waals surface area contributed by atoms with E-state index in [2.05, 4.69) is 6.07 Å². The van der Waals surface area contributed by atoms with Gasteiger partial charge in [0.1, 0.15) is 11.5 Å². The third-order valence-corrected chi connectivity index (χ3v) is 3.20. The van der Waals surface area contributed by atoms with Crippen LogP contribution in [0.25, 0.3) is 0 Å². The monoisotopic (exact) mass is 271 g/mol. The van der Waals surface area contributed by atoms with Gasteiger partial charge in [0.2, 0.25) is 0 Å². The predicted molar refractivity (Wildman–Crippen MR) is 76.9 cm³/mol. The molecular weight excluding hydrogens is 258 g/mol. The van der Waals surface area contributed by atoms with Crippen LogP contribution in [0.3, 0.4) is 0 Å². The van der Waals surface area contributed by atoms with Crippen LogP contribution in [0, 0.1) is 32.1 Å². The smallest absolute Gasteiger partial charge is 0.146 e. The van der Waals surface area contributed by atoms with E-state index in [1.54, 1.807) is 0 Å². The van der Waals surface area contributed by atoms with Gasteiger partial charge in [0.15, 0.2) is 0 Å². The maximum absolute atomic E-state index is 8.94. The summed E-state index contributed by atoms with van der Waals surface area (Å²) in [5.41, 5.74) is 3.57. The highest BCUT2D eigenvalue weighted by Gasteiger charge is 2.10. The molecule has 0 bridgehead atoms. The lowest BCUT2D eigenvalue weighted by Crippen LogP contribution is -1.93. The van der Waals surface area contributed by atoms with Gasteiger partial charge < -0.3 is 4.74 Å². The molecule has 0 amide bonds. The summed E-state index contributed by atoms with van der Waals surface area (Å²) in [5.74, 6) is 1.39.